The molecular weight excluding hydrogens is 216 g/mol. The maximum absolute atomic E-state index is 9.80. The summed E-state index contributed by atoms with van der Waals surface area (Å²) in [4.78, 5) is 0. The lowest BCUT2D eigenvalue weighted by atomic mass is 9.95. The van der Waals surface area contributed by atoms with Crippen molar-refractivity contribution < 1.29 is 10.2 Å². The van der Waals surface area contributed by atoms with Crippen molar-refractivity contribution in [2.75, 3.05) is 12.8 Å². The van der Waals surface area contributed by atoms with Gasteiger partial charge < -0.3 is 21.3 Å². The summed E-state index contributed by atoms with van der Waals surface area (Å²) in [6, 6.07) is 5.05. The summed E-state index contributed by atoms with van der Waals surface area (Å²) < 4.78 is 0. The fourth-order valence-electron chi connectivity index (χ4n) is 1.87. The van der Waals surface area contributed by atoms with E-state index in [9.17, 15) is 10.2 Å². The minimum Gasteiger partial charge on any atom is -0.511 e. The van der Waals surface area contributed by atoms with Crippen LogP contribution in [0.1, 0.15) is 12.0 Å². The number of likely N-dealkylation sites (N-methyl/N-ethyl adjacent to an activating group) is 1. The summed E-state index contributed by atoms with van der Waals surface area (Å²) in [5.74, 6) is 0.369. The summed E-state index contributed by atoms with van der Waals surface area (Å²) in [5.41, 5.74) is 7.64. The van der Waals surface area contributed by atoms with E-state index in [0.717, 1.165) is 17.6 Å². The number of rotatable bonds is 2. The second-order valence-corrected chi connectivity index (χ2v) is 4.08. The molecule has 0 bridgehead atoms. The van der Waals surface area contributed by atoms with Crippen LogP contribution in [0.3, 0.4) is 0 Å². The molecule has 1 atom stereocenters. The van der Waals surface area contributed by atoms with Crippen LogP contribution >= 0.6 is 0 Å². The predicted octanol–water partition coefficient (Wildman–Crippen LogP) is 1.79. The summed E-state index contributed by atoms with van der Waals surface area (Å²) in [5, 5.41) is 22.4. The van der Waals surface area contributed by atoms with Crippen molar-refractivity contribution in [3.05, 3.63) is 41.7 Å². The summed E-state index contributed by atoms with van der Waals surface area (Å²) >= 11 is 0. The van der Waals surface area contributed by atoms with Crippen LogP contribution in [0.15, 0.2) is 36.1 Å². The summed E-state index contributed by atoms with van der Waals surface area (Å²) in [6.07, 6.45) is 4.45. The van der Waals surface area contributed by atoms with Gasteiger partial charge in [0.05, 0.1) is 11.7 Å². The number of phenolic OH excluding ortho intramolecular Hbond substituents is 1. The standard InChI is InChI=1S/C13H16N2O2/c1-15-11-5-3-9(7-13(11)17)8-2-4-10(14)12(16)6-8/h2-4,6-7,11,15-17H,5,14H2,1H3. The van der Waals surface area contributed by atoms with Crippen molar-refractivity contribution in [1.29, 1.82) is 0 Å². The molecule has 0 aromatic heterocycles. The Morgan fingerprint density at radius 3 is 2.71 bits per heavy atom. The zero-order chi connectivity index (χ0) is 12.4. The van der Waals surface area contributed by atoms with E-state index in [-0.39, 0.29) is 11.8 Å². The van der Waals surface area contributed by atoms with Gasteiger partial charge in [0.2, 0.25) is 0 Å². The largest absolute Gasteiger partial charge is 0.511 e. The van der Waals surface area contributed by atoms with Crippen LogP contribution in [0.4, 0.5) is 5.69 Å². The lowest BCUT2D eigenvalue weighted by molar-refractivity contribution is 0.346. The van der Waals surface area contributed by atoms with E-state index in [0.29, 0.717) is 11.4 Å². The number of aliphatic hydroxyl groups excluding tert-OH is 1. The highest BCUT2D eigenvalue weighted by atomic mass is 16.3. The van der Waals surface area contributed by atoms with Gasteiger partial charge in [0, 0.05) is 0 Å². The number of allylic oxidation sites excluding steroid dienone is 2. The molecule has 1 aliphatic rings. The van der Waals surface area contributed by atoms with E-state index in [1.54, 1.807) is 18.2 Å². The number of nitrogen functional groups attached to an aromatic ring is 1. The number of hydrogen-bond donors (Lipinski definition) is 4. The smallest absolute Gasteiger partial charge is 0.139 e. The van der Waals surface area contributed by atoms with E-state index >= 15 is 0 Å². The van der Waals surface area contributed by atoms with E-state index < -0.39 is 0 Å². The van der Waals surface area contributed by atoms with Gasteiger partial charge in [-0.25, -0.2) is 0 Å². The first kappa shape index (κ1) is 11.5. The number of phenols is 1. The Kier molecular flexibility index (Phi) is 3.06. The Bertz CT molecular complexity index is 492. The number of benzene rings is 1. The van der Waals surface area contributed by atoms with Crippen LogP contribution in [0, 0.1) is 0 Å². The first-order valence-electron chi connectivity index (χ1n) is 5.48. The molecule has 1 aromatic carbocycles. The van der Waals surface area contributed by atoms with E-state index in [4.69, 9.17) is 5.73 Å². The Hall–Kier alpha value is -1.94. The molecule has 0 saturated heterocycles. The summed E-state index contributed by atoms with van der Waals surface area (Å²) in [6.45, 7) is 0. The molecule has 1 unspecified atom stereocenters. The Balaban J connectivity index is 2.30. The molecule has 0 amide bonds. The second-order valence-electron chi connectivity index (χ2n) is 4.08. The molecule has 0 radical (unpaired) electrons. The first-order chi connectivity index (χ1) is 8.11. The van der Waals surface area contributed by atoms with E-state index in [1.807, 2.05) is 19.2 Å². The highest BCUT2D eigenvalue weighted by Crippen LogP contribution is 2.29. The maximum Gasteiger partial charge on any atom is 0.139 e. The number of nitrogens with two attached hydrogens (primary N) is 1. The van der Waals surface area contributed by atoms with Crippen molar-refractivity contribution in [3.63, 3.8) is 0 Å². The maximum atomic E-state index is 9.80. The molecule has 0 heterocycles. The molecule has 17 heavy (non-hydrogen) atoms. The number of nitrogens with one attached hydrogen (secondary N) is 1. The highest BCUT2D eigenvalue weighted by molar-refractivity contribution is 5.77. The third-order valence-corrected chi connectivity index (χ3v) is 2.95. The molecule has 1 aliphatic carbocycles. The average molecular weight is 232 g/mol. The normalized spacial score (nSPS) is 19.7. The van der Waals surface area contributed by atoms with Gasteiger partial charge in [0.1, 0.15) is 11.5 Å². The lowest BCUT2D eigenvalue weighted by Gasteiger charge is -2.19. The minimum atomic E-state index is -0.0267. The molecule has 0 saturated carbocycles. The number of aromatic hydroxyl groups is 1. The van der Waals surface area contributed by atoms with Crippen molar-refractivity contribution in [1.82, 2.24) is 5.32 Å². The molecule has 90 valence electrons. The van der Waals surface area contributed by atoms with Gasteiger partial charge in [-0.2, -0.15) is 0 Å². The predicted molar refractivity (Wildman–Crippen MR) is 68.7 cm³/mol. The molecule has 0 aliphatic heterocycles. The zero-order valence-electron chi connectivity index (χ0n) is 9.64. The van der Waals surface area contributed by atoms with Crippen LogP contribution < -0.4 is 11.1 Å². The number of aliphatic hydroxyl groups is 1. The molecule has 4 nitrogen and oxygen atoms in total. The van der Waals surface area contributed by atoms with Crippen LogP contribution in [0.5, 0.6) is 5.75 Å². The lowest BCUT2D eigenvalue weighted by Crippen LogP contribution is -2.28. The average Bonchev–Trinajstić information content (AvgIpc) is 2.32. The van der Waals surface area contributed by atoms with Gasteiger partial charge >= 0.3 is 0 Å². The fourth-order valence-corrected chi connectivity index (χ4v) is 1.87. The Labute approximate surface area is 100 Å². The van der Waals surface area contributed by atoms with E-state index in [2.05, 4.69) is 5.32 Å². The first-order valence-corrected chi connectivity index (χ1v) is 5.48. The Morgan fingerprint density at radius 2 is 2.12 bits per heavy atom. The van der Waals surface area contributed by atoms with Gasteiger partial charge in [-0.15, -0.1) is 0 Å². The monoisotopic (exact) mass is 232 g/mol. The second kappa shape index (κ2) is 4.51. The number of hydrogen-bond acceptors (Lipinski definition) is 4. The van der Waals surface area contributed by atoms with Gasteiger partial charge in [-0.1, -0.05) is 12.1 Å². The van der Waals surface area contributed by atoms with Gasteiger partial charge in [-0.05, 0) is 42.8 Å². The molecule has 0 fully saturated rings. The SMILES string of the molecule is CNC1CC=C(c2ccc(N)c(O)c2)C=C1O. The quantitative estimate of drug-likeness (QED) is 0.463. The van der Waals surface area contributed by atoms with Crippen LogP contribution in [-0.4, -0.2) is 23.3 Å². The highest BCUT2D eigenvalue weighted by Gasteiger charge is 2.16. The van der Waals surface area contributed by atoms with Gasteiger partial charge in [0.15, 0.2) is 0 Å². The van der Waals surface area contributed by atoms with Crippen molar-refractivity contribution in [2.24, 2.45) is 0 Å². The third-order valence-electron chi connectivity index (χ3n) is 2.95. The van der Waals surface area contributed by atoms with E-state index in [1.165, 1.54) is 0 Å². The van der Waals surface area contributed by atoms with Crippen LogP contribution in [0.25, 0.3) is 5.57 Å². The summed E-state index contributed by atoms with van der Waals surface area (Å²) in [7, 11) is 1.81. The molecule has 5 N–H and O–H groups in total. The third kappa shape index (κ3) is 2.26. The van der Waals surface area contributed by atoms with Gasteiger partial charge in [0.25, 0.3) is 0 Å². The van der Waals surface area contributed by atoms with Gasteiger partial charge in [-0.3, -0.25) is 0 Å². The minimum absolute atomic E-state index is 0.0267. The topological polar surface area (TPSA) is 78.5 Å². The van der Waals surface area contributed by atoms with Crippen molar-refractivity contribution in [3.8, 4) is 5.75 Å². The van der Waals surface area contributed by atoms with Crippen molar-refractivity contribution in [2.45, 2.75) is 12.5 Å². The van der Waals surface area contributed by atoms with Crippen LogP contribution in [-0.2, 0) is 0 Å². The molecule has 0 spiro atoms. The number of anilines is 1. The molecule has 4 heteroatoms. The molecule has 1 aromatic rings. The van der Waals surface area contributed by atoms with Crippen molar-refractivity contribution >= 4 is 11.3 Å². The zero-order valence-corrected chi connectivity index (χ0v) is 9.64. The Morgan fingerprint density at radius 1 is 1.35 bits per heavy atom. The van der Waals surface area contributed by atoms with Crippen LogP contribution in [0.2, 0.25) is 0 Å². The molecular formula is C13H16N2O2. The molecule has 2 rings (SSSR count). The fraction of sp³-hybridized carbons (Fsp3) is 0.231.